The van der Waals surface area contributed by atoms with Crippen LogP contribution in [0.25, 0.3) is 0 Å². The summed E-state index contributed by atoms with van der Waals surface area (Å²) in [5, 5.41) is 19.5. The molecule has 0 saturated carbocycles. The molecule has 0 bridgehead atoms. The number of methoxy groups -OCH3 is 3. The number of ketones is 2. The van der Waals surface area contributed by atoms with Gasteiger partial charge in [0.05, 0.1) is 44.6 Å². The van der Waals surface area contributed by atoms with Gasteiger partial charge < -0.3 is 19.9 Å². The van der Waals surface area contributed by atoms with Crippen LogP contribution in [0.4, 0.5) is 5.13 Å². The number of allylic oxidation sites excluding steroid dienone is 3. The summed E-state index contributed by atoms with van der Waals surface area (Å²) >= 11 is 2.53. The zero-order chi connectivity index (χ0) is 30.9. The lowest BCUT2D eigenvalue weighted by atomic mass is 9.68. The van der Waals surface area contributed by atoms with Gasteiger partial charge in [0.15, 0.2) is 27.4 Å². The number of nitrogens with zero attached hydrogens (tertiary/aromatic N) is 4. The molecule has 5 rings (SSSR count). The van der Waals surface area contributed by atoms with E-state index in [9.17, 15) is 14.9 Å². The van der Waals surface area contributed by atoms with Gasteiger partial charge in [0.25, 0.3) is 0 Å². The summed E-state index contributed by atoms with van der Waals surface area (Å²) in [5.41, 5.74) is 8.99. The highest BCUT2D eigenvalue weighted by Crippen LogP contribution is 2.52. The van der Waals surface area contributed by atoms with E-state index in [2.05, 4.69) is 16.3 Å². The molecule has 3 aromatic rings. The predicted molar refractivity (Wildman–Crippen MR) is 165 cm³/mol. The summed E-state index contributed by atoms with van der Waals surface area (Å²) in [7, 11) is 4.53. The number of Topliss-reactive ketones (excluding diaryl/α,β-unsaturated/α-hetero) is 2. The molecule has 1 aromatic heterocycles. The number of anilines is 1. The van der Waals surface area contributed by atoms with E-state index in [1.807, 2.05) is 32.0 Å². The average molecular weight is 618 g/mol. The molecule has 10 nitrogen and oxygen atoms in total. The number of carbonyl (C=O) groups excluding carboxylic acids is 2. The van der Waals surface area contributed by atoms with Crippen LogP contribution in [0.15, 0.2) is 69.5 Å². The van der Waals surface area contributed by atoms with E-state index in [-0.39, 0.29) is 34.1 Å². The van der Waals surface area contributed by atoms with E-state index >= 15 is 0 Å². The Morgan fingerprint density at radius 3 is 2.40 bits per heavy atom. The lowest BCUT2D eigenvalue weighted by molar-refractivity contribution is -0.118. The van der Waals surface area contributed by atoms with Crippen LogP contribution < -0.4 is 24.8 Å². The van der Waals surface area contributed by atoms with Gasteiger partial charge in [-0.3, -0.25) is 14.5 Å². The molecule has 0 fully saturated rings. The first kappa shape index (κ1) is 30.1. The van der Waals surface area contributed by atoms with E-state index in [0.717, 1.165) is 0 Å². The number of benzene rings is 2. The Morgan fingerprint density at radius 1 is 1.12 bits per heavy atom. The van der Waals surface area contributed by atoms with Crippen LogP contribution >= 0.6 is 23.1 Å². The van der Waals surface area contributed by atoms with Crippen LogP contribution in [0.5, 0.6) is 17.2 Å². The first-order chi connectivity index (χ1) is 20.6. The molecule has 0 saturated heterocycles. The van der Waals surface area contributed by atoms with Crippen molar-refractivity contribution in [2.75, 3.05) is 32.0 Å². The van der Waals surface area contributed by atoms with Gasteiger partial charge in [-0.1, -0.05) is 67.3 Å². The van der Waals surface area contributed by atoms with Crippen LogP contribution in [0.1, 0.15) is 48.5 Å². The molecule has 2 aliphatic rings. The lowest BCUT2D eigenvalue weighted by Gasteiger charge is -2.42. The van der Waals surface area contributed by atoms with E-state index in [4.69, 9.17) is 19.9 Å². The molecule has 2 N–H and O–H groups in total. The molecule has 12 heteroatoms. The molecule has 0 amide bonds. The summed E-state index contributed by atoms with van der Waals surface area (Å²) in [6.07, 6.45) is 0.820. The molecular formula is C31H31N5O5S2. The Hall–Kier alpha value is -4.34. The highest BCUT2D eigenvalue weighted by Gasteiger charge is 2.46. The fraction of sp³-hybridized carbons (Fsp3) is 0.323. The zero-order valence-electron chi connectivity index (χ0n) is 24.5. The highest BCUT2D eigenvalue weighted by atomic mass is 32.2. The second-order valence-corrected chi connectivity index (χ2v) is 13.0. The van der Waals surface area contributed by atoms with E-state index in [0.29, 0.717) is 62.0 Å². The molecule has 222 valence electrons. The molecule has 0 radical (unpaired) electrons. The maximum atomic E-state index is 13.9. The van der Waals surface area contributed by atoms with Crippen molar-refractivity contribution >= 4 is 39.8 Å². The third-order valence-electron chi connectivity index (χ3n) is 7.41. The van der Waals surface area contributed by atoms with Crippen molar-refractivity contribution in [1.29, 1.82) is 5.26 Å². The molecule has 1 aliphatic heterocycles. The molecule has 43 heavy (non-hydrogen) atoms. The zero-order valence-corrected chi connectivity index (χ0v) is 26.1. The molecule has 0 spiro atoms. The fourth-order valence-corrected chi connectivity index (χ4v) is 7.29. The van der Waals surface area contributed by atoms with Gasteiger partial charge in [0.2, 0.25) is 10.9 Å². The number of hydrogen-bond acceptors (Lipinski definition) is 12. The number of hydrogen-bond donors (Lipinski definition) is 1. The maximum absolute atomic E-state index is 13.9. The first-order valence-corrected chi connectivity index (χ1v) is 15.2. The van der Waals surface area contributed by atoms with Gasteiger partial charge in [-0.25, -0.2) is 0 Å². The van der Waals surface area contributed by atoms with Crippen molar-refractivity contribution in [3.05, 3.63) is 76.3 Å². The topological polar surface area (TPSA) is 141 Å². The Kier molecular flexibility index (Phi) is 8.48. The normalized spacial score (nSPS) is 17.8. The van der Waals surface area contributed by atoms with Crippen LogP contribution in [0.2, 0.25) is 0 Å². The highest BCUT2D eigenvalue weighted by molar-refractivity contribution is 8.01. The standard InChI is InChI=1S/C31H31N5O5S2/c1-31(2)13-20-26(21(37)14-31)25(18-11-23(39-3)27(41-5)24(12-18)40-4)19(15-32)28(33)36(20)29-34-35-30(43-29)42-16-22(38)17-9-7-6-8-10-17/h6-12,25H,13-14,16,33H2,1-5H3. The summed E-state index contributed by atoms with van der Waals surface area (Å²) in [6.45, 7) is 4.05. The second-order valence-electron chi connectivity index (χ2n) is 10.9. The Labute approximate surface area is 258 Å². The number of nitrogens with two attached hydrogens (primary N) is 1. The van der Waals surface area contributed by atoms with E-state index in [1.165, 1.54) is 44.4 Å². The van der Waals surface area contributed by atoms with Crippen LogP contribution in [0, 0.1) is 16.7 Å². The molecular weight excluding hydrogens is 587 g/mol. The largest absolute Gasteiger partial charge is 0.493 e. The van der Waals surface area contributed by atoms with Gasteiger partial charge in [-0.15, -0.1) is 10.2 Å². The summed E-state index contributed by atoms with van der Waals surface area (Å²) in [4.78, 5) is 28.2. The Morgan fingerprint density at radius 2 is 1.79 bits per heavy atom. The minimum Gasteiger partial charge on any atom is -0.493 e. The van der Waals surface area contributed by atoms with Crippen molar-refractivity contribution in [3.8, 4) is 23.3 Å². The van der Waals surface area contributed by atoms with E-state index < -0.39 is 5.92 Å². The van der Waals surface area contributed by atoms with Gasteiger partial charge >= 0.3 is 0 Å². The van der Waals surface area contributed by atoms with Gasteiger partial charge in [-0.2, -0.15) is 5.26 Å². The van der Waals surface area contributed by atoms with Gasteiger partial charge in [0.1, 0.15) is 5.82 Å². The third kappa shape index (κ3) is 5.70. The molecule has 2 aromatic carbocycles. The monoisotopic (exact) mass is 617 g/mol. The number of carbonyl (C=O) groups is 2. The van der Waals surface area contributed by atoms with Crippen LogP contribution in [0.3, 0.4) is 0 Å². The lowest BCUT2D eigenvalue weighted by Crippen LogP contribution is -2.42. The number of aromatic nitrogens is 2. The predicted octanol–water partition coefficient (Wildman–Crippen LogP) is 5.48. The fourth-order valence-electron chi connectivity index (χ4n) is 5.51. The second kappa shape index (κ2) is 12.1. The van der Waals surface area contributed by atoms with Gasteiger partial charge in [0, 0.05) is 23.3 Å². The van der Waals surface area contributed by atoms with Crippen molar-refractivity contribution in [2.45, 2.75) is 36.9 Å². The minimum absolute atomic E-state index is 0.0238. The third-order valence-corrected chi connectivity index (χ3v) is 9.45. The Bertz CT molecular complexity index is 1660. The molecule has 2 heterocycles. The van der Waals surface area contributed by atoms with Crippen LogP contribution in [-0.2, 0) is 4.79 Å². The summed E-state index contributed by atoms with van der Waals surface area (Å²) in [5.74, 6) is 0.699. The number of thioether (sulfide) groups is 1. The van der Waals surface area contributed by atoms with Crippen LogP contribution in [-0.4, -0.2) is 48.8 Å². The average Bonchev–Trinajstić information content (AvgIpc) is 3.46. The van der Waals surface area contributed by atoms with Crippen molar-refractivity contribution in [3.63, 3.8) is 0 Å². The van der Waals surface area contributed by atoms with Crippen molar-refractivity contribution in [1.82, 2.24) is 10.2 Å². The Balaban J connectivity index is 1.59. The van der Waals surface area contributed by atoms with Crippen molar-refractivity contribution < 1.29 is 23.8 Å². The number of ether oxygens (including phenoxy) is 3. The van der Waals surface area contributed by atoms with Crippen molar-refractivity contribution in [2.24, 2.45) is 11.1 Å². The maximum Gasteiger partial charge on any atom is 0.219 e. The number of rotatable bonds is 9. The molecule has 1 atom stereocenters. The molecule has 1 unspecified atom stereocenters. The van der Waals surface area contributed by atoms with E-state index in [1.54, 1.807) is 29.2 Å². The quantitative estimate of drug-likeness (QED) is 0.241. The first-order valence-electron chi connectivity index (χ1n) is 13.4. The minimum atomic E-state index is -0.751. The number of nitriles is 1. The SMILES string of the molecule is COc1cc(C2C(C#N)=C(N)N(c3nnc(SCC(=O)c4ccccc4)s3)C3=C2C(=O)CC(C)(C)C3)cc(OC)c1OC. The van der Waals surface area contributed by atoms with Gasteiger partial charge in [-0.05, 0) is 29.5 Å². The summed E-state index contributed by atoms with van der Waals surface area (Å²) in [6, 6.07) is 14.8. The smallest absolute Gasteiger partial charge is 0.219 e. The summed E-state index contributed by atoms with van der Waals surface area (Å²) < 4.78 is 17.2. The molecule has 1 aliphatic carbocycles.